The van der Waals surface area contributed by atoms with Crippen LogP contribution in [-0.4, -0.2) is 36.1 Å². The Hall–Kier alpha value is -0.0800. The lowest BCUT2D eigenvalue weighted by Gasteiger charge is -2.45. The van der Waals surface area contributed by atoms with Gasteiger partial charge in [0, 0.05) is 11.6 Å². The predicted octanol–water partition coefficient (Wildman–Crippen LogP) is 3.42. The van der Waals surface area contributed by atoms with Crippen LogP contribution in [0.25, 0.3) is 0 Å². The molecule has 2 heteroatoms. The molecule has 1 saturated heterocycles. The first-order chi connectivity index (χ1) is 8.66. The maximum absolute atomic E-state index is 3.89. The van der Waals surface area contributed by atoms with E-state index in [2.05, 4.69) is 31.0 Å². The number of likely N-dealkylation sites (tertiary alicyclic amines) is 1. The number of nitrogens with one attached hydrogen (secondary N) is 1. The van der Waals surface area contributed by atoms with Crippen molar-refractivity contribution in [2.45, 2.75) is 77.3 Å². The van der Waals surface area contributed by atoms with Crippen molar-refractivity contribution < 1.29 is 0 Å². The highest BCUT2D eigenvalue weighted by atomic mass is 15.2. The number of hydrogen-bond acceptors (Lipinski definition) is 2. The fraction of sp³-hybridized carbons (Fsp3) is 1.00. The van der Waals surface area contributed by atoms with Crippen molar-refractivity contribution in [3.05, 3.63) is 0 Å². The SMILES string of the molecule is CCCNC(C1CCCC1)C(C)(C)N1CCCC1. The highest BCUT2D eigenvalue weighted by molar-refractivity contribution is 4.99. The minimum atomic E-state index is 0.334. The van der Waals surface area contributed by atoms with E-state index in [1.807, 2.05) is 0 Å². The van der Waals surface area contributed by atoms with Crippen molar-refractivity contribution in [3.63, 3.8) is 0 Å². The molecule has 0 radical (unpaired) electrons. The zero-order chi connectivity index (χ0) is 13.0. The molecule has 18 heavy (non-hydrogen) atoms. The Bertz CT molecular complexity index is 237. The highest BCUT2D eigenvalue weighted by Gasteiger charge is 2.41. The fourth-order valence-corrected chi connectivity index (χ4v) is 4.07. The lowest BCUT2D eigenvalue weighted by Crippen LogP contribution is -2.59. The van der Waals surface area contributed by atoms with Gasteiger partial charge in [0.2, 0.25) is 0 Å². The minimum absolute atomic E-state index is 0.334. The molecule has 1 N–H and O–H groups in total. The third-order valence-corrected chi connectivity index (χ3v) is 5.17. The normalized spacial score (nSPS) is 24.8. The Morgan fingerprint density at radius 1 is 1.11 bits per heavy atom. The Kier molecular flexibility index (Phi) is 5.08. The first-order valence-electron chi connectivity index (χ1n) is 8.14. The van der Waals surface area contributed by atoms with Gasteiger partial charge in [-0.25, -0.2) is 0 Å². The Labute approximate surface area is 114 Å². The summed E-state index contributed by atoms with van der Waals surface area (Å²) < 4.78 is 0. The summed E-state index contributed by atoms with van der Waals surface area (Å²) in [4.78, 5) is 2.73. The van der Waals surface area contributed by atoms with Gasteiger partial charge in [0.15, 0.2) is 0 Å². The Balaban J connectivity index is 2.04. The molecule has 1 aliphatic heterocycles. The van der Waals surface area contributed by atoms with Crippen molar-refractivity contribution in [1.82, 2.24) is 10.2 Å². The average Bonchev–Trinajstić information content (AvgIpc) is 3.02. The molecule has 1 atom stereocenters. The maximum atomic E-state index is 3.89. The van der Waals surface area contributed by atoms with Gasteiger partial charge in [0.25, 0.3) is 0 Å². The molecule has 2 aliphatic rings. The van der Waals surface area contributed by atoms with Gasteiger partial charge in [-0.3, -0.25) is 4.90 Å². The van der Waals surface area contributed by atoms with Crippen LogP contribution in [0.2, 0.25) is 0 Å². The van der Waals surface area contributed by atoms with Gasteiger partial charge in [-0.15, -0.1) is 0 Å². The molecule has 0 bridgehead atoms. The molecule has 0 amide bonds. The number of nitrogens with zero attached hydrogens (tertiary/aromatic N) is 1. The zero-order valence-corrected chi connectivity index (χ0v) is 12.7. The van der Waals surface area contributed by atoms with Crippen molar-refractivity contribution >= 4 is 0 Å². The summed E-state index contributed by atoms with van der Waals surface area (Å²) in [5, 5.41) is 3.89. The average molecular weight is 252 g/mol. The molecule has 0 aromatic heterocycles. The Morgan fingerprint density at radius 2 is 1.72 bits per heavy atom. The van der Waals surface area contributed by atoms with Gasteiger partial charge < -0.3 is 5.32 Å². The molecular weight excluding hydrogens is 220 g/mol. The second kappa shape index (κ2) is 6.38. The van der Waals surface area contributed by atoms with Gasteiger partial charge in [-0.1, -0.05) is 19.8 Å². The number of rotatable bonds is 6. The molecule has 1 heterocycles. The molecule has 2 fully saturated rings. The van der Waals surface area contributed by atoms with Gasteiger partial charge >= 0.3 is 0 Å². The minimum Gasteiger partial charge on any atom is -0.312 e. The van der Waals surface area contributed by atoms with Crippen LogP contribution in [-0.2, 0) is 0 Å². The first-order valence-corrected chi connectivity index (χ1v) is 8.14. The summed E-state index contributed by atoms with van der Waals surface area (Å²) in [6, 6.07) is 0.693. The standard InChI is InChI=1S/C16H32N2/c1-4-11-17-15(14-9-5-6-10-14)16(2,3)18-12-7-8-13-18/h14-15,17H,4-13H2,1-3H3. The third kappa shape index (κ3) is 3.08. The fourth-order valence-electron chi connectivity index (χ4n) is 4.07. The quantitative estimate of drug-likeness (QED) is 0.779. The molecule has 1 aliphatic carbocycles. The molecule has 0 aromatic rings. The van der Waals surface area contributed by atoms with Crippen LogP contribution < -0.4 is 5.32 Å². The number of hydrogen-bond donors (Lipinski definition) is 1. The van der Waals surface area contributed by atoms with Crippen molar-refractivity contribution in [1.29, 1.82) is 0 Å². The zero-order valence-electron chi connectivity index (χ0n) is 12.7. The second-order valence-corrected chi connectivity index (χ2v) is 6.82. The molecule has 1 saturated carbocycles. The Morgan fingerprint density at radius 3 is 2.28 bits per heavy atom. The van der Waals surface area contributed by atoms with E-state index in [1.165, 1.54) is 64.6 Å². The molecule has 0 aromatic carbocycles. The summed E-state index contributed by atoms with van der Waals surface area (Å²) in [5.74, 6) is 0.909. The molecule has 2 rings (SSSR count). The predicted molar refractivity (Wildman–Crippen MR) is 78.9 cm³/mol. The van der Waals surface area contributed by atoms with Gasteiger partial charge in [0.1, 0.15) is 0 Å². The van der Waals surface area contributed by atoms with E-state index in [1.54, 1.807) is 0 Å². The summed E-state index contributed by atoms with van der Waals surface area (Å²) in [6.07, 6.45) is 9.83. The monoisotopic (exact) mass is 252 g/mol. The van der Waals surface area contributed by atoms with E-state index >= 15 is 0 Å². The summed E-state index contributed by atoms with van der Waals surface area (Å²) in [6.45, 7) is 11.0. The summed E-state index contributed by atoms with van der Waals surface area (Å²) >= 11 is 0. The van der Waals surface area contributed by atoms with Crippen LogP contribution in [0.1, 0.15) is 65.7 Å². The highest BCUT2D eigenvalue weighted by Crippen LogP contribution is 2.36. The topological polar surface area (TPSA) is 15.3 Å². The molecular formula is C16H32N2. The van der Waals surface area contributed by atoms with Gasteiger partial charge in [-0.2, -0.15) is 0 Å². The summed E-state index contributed by atoms with van der Waals surface area (Å²) in [7, 11) is 0. The van der Waals surface area contributed by atoms with Crippen molar-refractivity contribution in [2.75, 3.05) is 19.6 Å². The van der Waals surface area contributed by atoms with E-state index in [4.69, 9.17) is 0 Å². The molecule has 0 spiro atoms. The second-order valence-electron chi connectivity index (χ2n) is 6.82. The van der Waals surface area contributed by atoms with Crippen LogP contribution in [0.4, 0.5) is 0 Å². The van der Waals surface area contributed by atoms with Crippen LogP contribution in [0.3, 0.4) is 0 Å². The molecule has 106 valence electrons. The third-order valence-electron chi connectivity index (χ3n) is 5.17. The van der Waals surface area contributed by atoms with E-state index in [9.17, 15) is 0 Å². The van der Waals surface area contributed by atoms with E-state index in [0.29, 0.717) is 11.6 Å². The van der Waals surface area contributed by atoms with Gasteiger partial charge in [0.05, 0.1) is 0 Å². The smallest absolute Gasteiger partial charge is 0.0308 e. The van der Waals surface area contributed by atoms with Gasteiger partial charge in [-0.05, 0) is 71.5 Å². The largest absolute Gasteiger partial charge is 0.312 e. The van der Waals surface area contributed by atoms with E-state index in [0.717, 1.165) is 5.92 Å². The van der Waals surface area contributed by atoms with E-state index < -0.39 is 0 Å². The van der Waals surface area contributed by atoms with Crippen LogP contribution in [0.15, 0.2) is 0 Å². The first kappa shape index (κ1) is 14.3. The molecule has 2 nitrogen and oxygen atoms in total. The van der Waals surface area contributed by atoms with Crippen molar-refractivity contribution in [2.24, 2.45) is 5.92 Å². The van der Waals surface area contributed by atoms with Crippen LogP contribution in [0.5, 0.6) is 0 Å². The van der Waals surface area contributed by atoms with E-state index in [-0.39, 0.29) is 0 Å². The lowest BCUT2D eigenvalue weighted by molar-refractivity contribution is 0.0782. The van der Waals surface area contributed by atoms with Crippen LogP contribution >= 0.6 is 0 Å². The van der Waals surface area contributed by atoms with Crippen LogP contribution in [0, 0.1) is 5.92 Å². The maximum Gasteiger partial charge on any atom is 0.0308 e. The molecule has 1 unspecified atom stereocenters. The van der Waals surface area contributed by atoms with Crippen molar-refractivity contribution in [3.8, 4) is 0 Å². The summed E-state index contributed by atoms with van der Waals surface area (Å²) in [5.41, 5.74) is 0.334. The lowest BCUT2D eigenvalue weighted by atomic mass is 9.82.